The first-order valence-electron chi connectivity index (χ1n) is 6.30. The monoisotopic (exact) mass is 315 g/mol. The lowest BCUT2D eigenvalue weighted by Crippen LogP contribution is -2.17. The van der Waals surface area contributed by atoms with Crippen molar-refractivity contribution in [2.75, 3.05) is 0 Å². The van der Waals surface area contributed by atoms with Crippen LogP contribution in [0.4, 0.5) is 13.2 Å². The van der Waals surface area contributed by atoms with E-state index in [9.17, 15) is 18.0 Å². The third-order valence-electron chi connectivity index (χ3n) is 2.61. The Kier molecular flexibility index (Phi) is 4.64. The van der Waals surface area contributed by atoms with Gasteiger partial charge in [-0.15, -0.1) is 13.2 Å². The molecular weight excluding hydrogens is 303 g/mol. The molecular formula is C13H12F3N3O3. The van der Waals surface area contributed by atoms with E-state index in [1.807, 2.05) is 0 Å². The first-order chi connectivity index (χ1) is 10.3. The SMILES string of the molecule is NC(=O)CCCc1nc(-c2cccc(OC(F)(F)F)c2)no1. The van der Waals surface area contributed by atoms with Crippen molar-refractivity contribution in [1.29, 1.82) is 0 Å². The number of benzene rings is 1. The van der Waals surface area contributed by atoms with E-state index in [0.717, 1.165) is 6.07 Å². The molecule has 2 rings (SSSR count). The molecule has 0 aliphatic heterocycles. The predicted molar refractivity (Wildman–Crippen MR) is 68.5 cm³/mol. The second kappa shape index (κ2) is 6.46. The van der Waals surface area contributed by atoms with Gasteiger partial charge >= 0.3 is 6.36 Å². The second-order valence-corrected chi connectivity index (χ2v) is 4.41. The van der Waals surface area contributed by atoms with Gasteiger partial charge in [0.25, 0.3) is 0 Å². The van der Waals surface area contributed by atoms with Gasteiger partial charge in [-0.2, -0.15) is 4.98 Å². The van der Waals surface area contributed by atoms with E-state index >= 15 is 0 Å². The molecule has 0 aliphatic carbocycles. The number of aryl methyl sites for hydroxylation is 1. The van der Waals surface area contributed by atoms with Gasteiger partial charge in [-0.05, 0) is 18.6 Å². The minimum atomic E-state index is -4.77. The Balaban J connectivity index is 2.07. The molecule has 0 saturated carbocycles. The first-order valence-corrected chi connectivity index (χ1v) is 6.30. The number of alkyl halides is 3. The molecule has 1 aromatic carbocycles. The van der Waals surface area contributed by atoms with Gasteiger partial charge in [0.15, 0.2) is 0 Å². The largest absolute Gasteiger partial charge is 0.573 e. The number of carbonyl (C=O) groups excluding carboxylic acids is 1. The number of ether oxygens (including phenoxy) is 1. The number of rotatable bonds is 6. The summed E-state index contributed by atoms with van der Waals surface area (Å²) in [4.78, 5) is 14.7. The zero-order valence-corrected chi connectivity index (χ0v) is 11.3. The quantitative estimate of drug-likeness (QED) is 0.884. The average molecular weight is 315 g/mol. The Morgan fingerprint density at radius 1 is 1.36 bits per heavy atom. The molecule has 2 aromatic rings. The molecule has 6 nitrogen and oxygen atoms in total. The number of primary amides is 1. The van der Waals surface area contributed by atoms with Crippen LogP contribution in [-0.2, 0) is 11.2 Å². The Morgan fingerprint density at radius 2 is 2.14 bits per heavy atom. The van der Waals surface area contributed by atoms with E-state index in [2.05, 4.69) is 14.9 Å². The third kappa shape index (κ3) is 4.76. The number of nitrogens with zero attached hydrogens (tertiary/aromatic N) is 2. The molecule has 0 unspecified atom stereocenters. The molecule has 0 saturated heterocycles. The summed E-state index contributed by atoms with van der Waals surface area (Å²) in [5.74, 6) is -0.387. The van der Waals surface area contributed by atoms with Gasteiger partial charge in [0.2, 0.25) is 17.6 Å². The minimum absolute atomic E-state index is 0.140. The maximum atomic E-state index is 12.2. The lowest BCUT2D eigenvalue weighted by atomic mass is 10.2. The number of hydrogen-bond acceptors (Lipinski definition) is 5. The summed E-state index contributed by atoms with van der Waals surface area (Å²) >= 11 is 0. The lowest BCUT2D eigenvalue weighted by molar-refractivity contribution is -0.274. The standard InChI is InChI=1S/C13H12F3N3O3/c14-13(15,16)21-9-4-1-3-8(7-9)12-18-11(22-19-12)6-2-5-10(17)20/h1,3-4,7H,2,5-6H2,(H2,17,20). The summed E-state index contributed by atoms with van der Waals surface area (Å²) in [5.41, 5.74) is 5.33. The van der Waals surface area contributed by atoms with Gasteiger partial charge in [0.05, 0.1) is 0 Å². The third-order valence-corrected chi connectivity index (χ3v) is 2.61. The van der Waals surface area contributed by atoms with Crippen LogP contribution in [0, 0.1) is 0 Å². The second-order valence-electron chi connectivity index (χ2n) is 4.41. The number of aromatic nitrogens is 2. The summed E-state index contributed by atoms with van der Waals surface area (Å²) < 4.78 is 45.3. The Morgan fingerprint density at radius 3 is 2.82 bits per heavy atom. The molecule has 9 heteroatoms. The average Bonchev–Trinajstić information content (AvgIpc) is 2.85. The van der Waals surface area contributed by atoms with Crippen molar-refractivity contribution in [3.8, 4) is 17.1 Å². The minimum Gasteiger partial charge on any atom is -0.406 e. The number of amides is 1. The van der Waals surface area contributed by atoms with Gasteiger partial charge in [0.1, 0.15) is 5.75 Å². The van der Waals surface area contributed by atoms with Crippen LogP contribution in [0.1, 0.15) is 18.7 Å². The van der Waals surface area contributed by atoms with Crippen molar-refractivity contribution < 1.29 is 27.2 Å². The molecule has 2 N–H and O–H groups in total. The molecule has 1 amide bonds. The fourth-order valence-electron chi connectivity index (χ4n) is 1.72. The highest BCUT2D eigenvalue weighted by molar-refractivity contribution is 5.73. The summed E-state index contributed by atoms with van der Waals surface area (Å²) in [6, 6.07) is 5.25. The van der Waals surface area contributed by atoms with E-state index in [-0.39, 0.29) is 23.9 Å². The smallest absolute Gasteiger partial charge is 0.406 e. The van der Waals surface area contributed by atoms with E-state index in [4.69, 9.17) is 10.3 Å². The van der Waals surface area contributed by atoms with E-state index in [1.54, 1.807) is 0 Å². The molecule has 118 valence electrons. The van der Waals surface area contributed by atoms with Crippen LogP contribution in [0.5, 0.6) is 5.75 Å². The fourth-order valence-corrected chi connectivity index (χ4v) is 1.72. The Hall–Kier alpha value is -2.58. The highest BCUT2D eigenvalue weighted by Crippen LogP contribution is 2.26. The molecule has 0 fully saturated rings. The van der Waals surface area contributed by atoms with Crippen molar-refractivity contribution in [1.82, 2.24) is 10.1 Å². The molecule has 22 heavy (non-hydrogen) atoms. The van der Waals surface area contributed by atoms with Crippen LogP contribution in [-0.4, -0.2) is 22.4 Å². The zero-order chi connectivity index (χ0) is 16.2. The Labute approximate surface area is 123 Å². The molecule has 0 bridgehead atoms. The van der Waals surface area contributed by atoms with Crippen LogP contribution in [0.15, 0.2) is 28.8 Å². The maximum absolute atomic E-state index is 12.2. The van der Waals surface area contributed by atoms with Crippen LogP contribution >= 0.6 is 0 Å². The van der Waals surface area contributed by atoms with E-state index in [1.165, 1.54) is 18.2 Å². The van der Waals surface area contributed by atoms with Crippen molar-refractivity contribution in [3.05, 3.63) is 30.2 Å². The molecule has 1 aromatic heterocycles. The highest BCUT2D eigenvalue weighted by Gasteiger charge is 2.31. The number of hydrogen-bond donors (Lipinski definition) is 1. The van der Waals surface area contributed by atoms with Gasteiger partial charge in [0, 0.05) is 18.4 Å². The number of carbonyl (C=O) groups is 1. The summed E-state index contributed by atoms with van der Waals surface area (Å²) in [6.45, 7) is 0. The molecule has 0 atom stereocenters. The van der Waals surface area contributed by atoms with E-state index in [0.29, 0.717) is 18.4 Å². The molecule has 0 aliphatic rings. The van der Waals surface area contributed by atoms with Gasteiger partial charge < -0.3 is 15.0 Å². The van der Waals surface area contributed by atoms with Crippen molar-refractivity contribution >= 4 is 5.91 Å². The molecule has 0 radical (unpaired) electrons. The van der Waals surface area contributed by atoms with Crippen LogP contribution < -0.4 is 10.5 Å². The zero-order valence-electron chi connectivity index (χ0n) is 11.3. The topological polar surface area (TPSA) is 91.2 Å². The summed E-state index contributed by atoms with van der Waals surface area (Å²) in [5, 5.41) is 3.68. The molecule has 1 heterocycles. The summed E-state index contributed by atoms with van der Waals surface area (Å²) in [6.07, 6.45) is -3.77. The van der Waals surface area contributed by atoms with Gasteiger partial charge in [-0.25, -0.2) is 0 Å². The predicted octanol–water partition coefficient (Wildman–Crippen LogP) is 2.44. The van der Waals surface area contributed by atoms with Crippen molar-refractivity contribution in [2.45, 2.75) is 25.6 Å². The lowest BCUT2D eigenvalue weighted by Gasteiger charge is -2.08. The Bertz CT molecular complexity index is 655. The van der Waals surface area contributed by atoms with Gasteiger partial charge in [-0.1, -0.05) is 17.3 Å². The first kappa shape index (κ1) is 15.8. The fraction of sp³-hybridized carbons (Fsp3) is 0.308. The number of nitrogens with two attached hydrogens (primary N) is 1. The highest BCUT2D eigenvalue weighted by atomic mass is 19.4. The number of halogens is 3. The summed E-state index contributed by atoms with van der Waals surface area (Å²) in [7, 11) is 0. The van der Waals surface area contributed by atoms with Crippen LogP contribution in [0.3, 0.4) is 0 Å². The van der Waals surface area contributed by atoms with Crippen LogP contribution in [0.25, 0.3) is 11.4 Å². The van der Waals surface area contributed by atoms with Gasteiger partial charge in [-0.3, -0.25) is 4.79 Å². The molecule has 0 spiro atoms. The normalized spacial score (nSPS) is 11.4. The van der Waals surface area contributed by atoms with Crippen LogP contribution in [0.2, 0.25) is 0 Å². The maximum Gasteiger partial charge on any atom is 0.573 e. The van der Waals surface area contributed by atoms with E-state index < -0.39 is 12.3 Å². The van der Waals surface area contributed by atoms with Crippen molar-refractivity contribution in [3.63, 3.8) is 0 Å². The van der Waals surface area contributed by atoms with Crippen molar-refractivity contribution in [2.24, 2.45) is 5.73 Å².